The van der Waals surface area contributed by atoms with Crippen LogP contribution in [0, 0.1) is 17.6 Å². The average molecular weight is 257 g/mol. The van der Waals surface area contributed by atoms with Crippen LogP contribution < -0.4 is 5.32 Å². The van der Waals surface area contributed by atoms with Gasteiger partial charge in [-0.15, -0.1) is 11.8 Å². The molecule has 17 heavy (non-hydrogen) atoms. The van der Waals surface area contributed by atoms with Crippen LogP contribution in [-0.4, -0.2) is 11.8 Å². The molecule has 0 bridgehead atoms. The van der Waals surface area contributed by atoms with Gasteiger partial charge in [0.2, 0.25) is 0 Å². The lowest BCUT2D eigenvalue weighted by molar-refractivity contribution is 0.372. The van der Waals surface area contributed by atoms with Crippen LogP contribution in [0.25, 0.3) is 0 Å². The Morgan fingerprint density at radius 2 is 2.00 bits per heavy atom. The first kappa shape index (κ1) is 12.8. The number of nitrogens with one attached hydrogen (secondary N) is 1. The highest BCUT2D eigenvalue weighted by Gasteiger charge is 2.33. The molecule has 1 aromatic rings. The number of rotatable bonds is 2. The summed E-state index contributed by atoms with van der Waals surface area (Å²) in [7, 11) is 0. The summed E-state index contributed by atoms with van der Waals surface area (Å²) in [5.74, 6) is -0.577. The molecule has 2 rings (SSSR count). The topological polar surface area (TPSA) is 12.0 Å². The van der Waals surface area contributed by atoms with Crippen molar-refractivity contribution >= 4 is 11.8 Å². The highest BCUT2D eigenvalue weighted by atomic mass is 32.2. The highest BCUT2D eigenvalue weighted by molar-refractivity contribution is 8.00. The van der Waals surface area contributed by atoms with Crippen molar-refractivity contribution in [3.8, 4) is 0 Å². The Morgan fingerprint density at radius 1 is 1.29 bits per heavy atom. The van der Waals surface area contributed by atoms with Crippen molar-refractivity contribution in [3.05, 3.63) is 29.3 Å². The lowest BCUT2D eigenvalue weighted by atomic mass is 9.91. The molecule has 0 aliphatic carbocycles. The third kappa shape index (κ3) is 2.33. The van der Waals surface area contributed by atoms with Crippen LogP contribution in [0.4, 0.5) is 8.78 Å². The van der Waals surface area contributed by atoms with Crippen molar-refractivity contribution in [2.75, 3.05) is 6.54 Å². The van der Waals surface area contributed by atoms with E-state index in [1.165, 1.54) is 17.8 Å². The second-order valence-corrected chi connectivity index (χ2v) is 5.91. The van der Waals surface area contributed by atoms with E-state index in [0.717, 1.165) is 18.2 Å². The van der Waals surface area contributed by atoms with Gasteiger partial charge < -0.3 is 5.32 Å². The van der Waals surface area contributed by atoms with Crippen LogP contribution in [0.3, 0.4) is 0 Å². The Balaban J connectivity index is 2.49. The molecule has 0 radical (unpaired) electrons. The molecule has 0 spiro atoms. The van der Waals surface area contributed by atoms with E-state index in [2.05, 4.69) is 19.2 Å². The number of thioether (sulfide) groups is 1. The molecule has 1 aliphatic heterocycles. The van der Waals surface area contributed by atoms with Gasteiger partial charge in [0.05, 0.1) is 0 Å². The maximum Gasteiger partial charge on any atom is 0.140 e. The van der Waals surface area contributed by atoms with Gasteiger partial charge in [0.1, 0.15) is 11.6 Å². The molecule has 1 nitrogen and oxygen atoms in total. The van der Waals surface area contributed by atoms with Crippen LogP contribution in [0.5, 0.6) is 0 Å². The molecule has 1 aromatic carbocycles. The number of hydrogen-bond acceptors (Lipinski definition) is 2. The largest absolute Gasteiger partial charge is 0.310 e. The first-order valence-electron chi connectivity index (χ1n) is 5.93. The minimum Gasteiger partial charge on any atom is -0.310 e. The Hall–Kier alpha value is -0.610. The fourth-order valence-electron chi connectivity index (χ4n) is 2.30. The fourth-order valence-corrected chi connectivity index (χ4v) is 3.54. The predicted octanol–water partition coefficient (Wildman–Crippen LogP) is 3.75. The van der Waals surface area contributed by atoms with E-state index in [1.54, 1.807) is 0 Å². The van der Waals surface area contributed by atoms with Gasteiger partial charge in [0, 0.05) is 22.3 Å². The summed E-state index contributed by atoms with van der Waals surface area (Å²) in [5.41, 5.74) is 0.764. The van der Waals surface area contributed by atoms with E-state index >= 15 is 0 Å². The zero-order valence-corrected chi connectivity index (χ0v) is 11.1. The van der Waals surface area contributed by atoms with Crippen molar-refractivity contribution in [2.45, 2.75) is 37.0 Å². The van der Waals surface area contributed by atoms with Crippen LogP contribution in [-0.2, 0) is 0 Å². The van der Waals surface area contributed by atoms with Crippen molar-refractivity contribution in [1.29, 1.82) is 0 Å². The third-order valence-electron chi connectivity index (χ3n) is 3.37. The molecule has 1 heterocycles. The molecular weight excluding hydrogens is 240 g/mol. The van der Waals surface area contributed by atoms with Gasteiger partial charge >= 0.3 is 0 Å². The van der Waals surface area contributed by atoms with Crippen LogP contribution >= 0.6 is 11.8 Å². The van der Waals surface area contributed by atoms with Gasteiger partial charge in [0.25, 0.3) is 0 Å². The molecule has 4 heteroatoms. The SMILES string of the molecule is CCNC1c2cc(F)cc(F)c2SC(C)C1C. The standard InChI is InChI=1S/C13H17F2NS/c1-4-16-12-7(2)8(3)17-13-10(12)5-9(14)6-11(13)15/h5-8,12,16H,4H2,1-3H3. The monoisotopic (exact) mass is 257 g/mol. The highest BCUT2D eigenvalue weighted by Crippen LogP contribution is 2.45. The summed E-state index contributed by atoms with van der Waals surface area (Å²) < 4.78 is 27.1. The lowest BCUT2D eigenvalue weighted by Crippen LogP contribution is -2.34. The Bertz CT molecular complexity index is 422. The van der Waals surface area contributed by atoms with E-state index in [9.17, 15) is 8.78 Å². The van der Waals surface area contributed by atoms with Crippen molar-refractivity contribution in [1.82, 2.24) is 5.32 Å². The van der Waals surface area contributed by atoms with Gasteiger partial charge in [-0.3, -0.25) is 0 Å². The molecule has 0 fully saturated rings. The predicted molar refractivity (Wildman–Crippen MR) is 67.3 cm³/mol. The Morgan fingerprint density at radius 3 is 2.65 bits per heavy atom. The molecule has 3 atom stereocenters. The zero-order chi connectivity index (χ0) is 12.6. The summed E-state index contributed by atoms with van der Waals surface area (Å²) in [6.07, 6.45) is 0. The molecule has 0 saturated heterocycles. The number of halogens is 2. The number of hydrogen-bond donors (Lipinski definition) is 1. The number of benzene rings is 1. The second kappa shape index (κ2) is 4.94. The molecule has 0 amide bonds. The van der Waals surface area contributed by atoms with E-state index in [0.29, 0.717) is 16.1 Å². The maximum atomic E-state index is 13.8. The molecule has 1 N–H and O–H groups in total. The van der Waals surface area contributed by atoms with Crippen molar-refractivity contribution in [2.24, 2.45) is 5.92 Å². The van der Waals surface area contributed by atoms with Gasteiger partial charge in [-0.05, 0) is 24.1 Å². The summed E-state index contributed by atoms with van der Waals surface area (Å²) in [4.78, 5) is 0.600. The first-order valence-corrected chi connectivity index (χ1v) is 6.81. The van der Waals surface area contributed by atoms with E-state index < -0.39 is 11.6 Å². The van der Waals surface area contributed by atoms with E-state index in [-0.39, 0.29) is 6.04 Å². The van der Waals surface area contributed by atoms with E-state index in [4.69, 9.17) is 0 Å². The summed E-state index contributed by atoms with van der Waals surface area (Å²) in [6, 6.07) is 2.47. The third-order valence-corrected chi connectivity index (χ3v) is 4.83. The normalized spacial score (nSPS) is 27.9. The Labute approximate surface area is 105 Å². The van der Waals surface area contributed by atoms with Crippen LogP contribution in [0.1, 0.15) is 32.4 Å². The minimum atomic E-state index is -0.494. The fraction of sp³-hybridized carbons (Fsp3) is 0.538. The molecule has 0 saturated carbocycles. The van der Waals surface area contributed by atoms with E-state index in [1.807, 2.05) is 6.92 Å². The molecular formula is C13H17F2NS. The van der Waals surface area contributed by atoms with Crippen molar-refractivity contribution in [3.63, 3.8) is 0 Å². The summed E-state index contributed by atoms with van der Waals surface area (Å²) in [5, 5.41) is 3.65. The lowest BCUT2D eigenvalue weighted by Gasteiger charge is -2.36. The smallest absolute Gasteiger partial charge is 0.140 e. The average Bonchev–Trinajstić information content (AvgIpc) is 2.26. The minimum absolute atomic E-state index is 0.0384. The molecule has 0 aromatic heterocycles. The maximum absolute atomic E-state index is 13.8. The van der Waals surface area contributed by atoms with Gasteiger partial charge in [-0.1, -0.05) is 20.8 Å². The molecule has 3 unspecified atom stereocenters. The summed E-state index contributed by atoms with van der Waals surface area (Å²) in [6.45, 7) is 7.01. The van der Waals surface area contributed by atoms with Gasteiger partial charge in [-0.25, -0.2) is 8.78 Å². The molecule has 1 aliphatic rings. The first-order chi connectivity index (χ1) is 8.04. The van der Waals surface area contributed by atoms with Crippen molar-refractivity contribution < 1.29 is 8.78 Å². The Kier molecular flexibility index (Phi) is 3.73. The number of fused-ring (bicyclic) bond motifs is 1. The van der Waals surface area contributed by atoms with Crippen LogP contribution in [0.2, 0.25) is 0 Å². The summed E-state index contributed by atoms with van der Waals surface area (Å²) >= 11 is 1.50. The zero-order valence-electron chi connectivity index (χ0n) is 10.3. The van der Waals surface area contributed by atoms with Crippen LogP contribution in [0.15, 0.2) is 17.0 Å². The second-order valence-electron chi connectivity index (χ2n) is 4.52. The van der Waals surface area contributed by atoms with Gasteiger partial charge in [0.15, 0.2) is 0 Å². The van der Waals surface area contributed by atoms with Gasteiger partial charge in [-0.2, -0.15) is 0 Å². The molecule has 94 valence electrons. The quantitative estimate of drug-likeness (QED) is 0.866.